The highest BCUT2D eigenvalue weighted by Gasteiger charge is 2.25. The highest BCUT2D eigenvalue weighted by Crippen LogP contribution is 2.30. The molecule has 2 fully saturated rings. The molecule has 0 amide bonds. The third-order valence-corrected chi connectivity index (χ3v) is 7.97. The summed E-state index contributed by atoms with van der Waals surface area (Å²) in [4.78, 5) is 5.29. The summed E-state index contributed by atoms with van der Waals surface area (Å²) in [5, 5.41) is 0. The van der Waals surface area contributed by atoms with E-state index in [9.17, 15) is 0 Å². The van der Waals surface area contributed by atoms with E-state index < -0.39 is 0 Å². The maximum absolute atomic E-state index is 5.53. The Morgan fingerprint density at radius 2 is 1.50 bits per heavy atom. The molecule has 2 heterocycles. The van der Waals surface area contributed by atoms with E-state index in [4.69, 9.17) is 4.74 Å². The van der Waals surface area contributed by atoms with E-state index in [2.05, 4.69) is 88.7 Å². The average molecular weight is 505 g/mol. The lowest BCUT2D eigenvalue weighted by atomic mass is 9.90. The SMILES string of the molecule is COC[C@H]1CCCN1Cc1cc(CN2CCC(Cc3ccccc3)CC2)ccc1-c1ccccc1.Cl. The largest absolute Gasteiger partial charge is 0.383 e. The molecule has 3 aromatic rings. The number of likely N-dealkylation sites (tertiary alicyclic amines) is 2. The molecular weight excluding hydrogens is 464 g/mol. The van der Waals surface area contributed by atoms with Crippen molar-refractivity contribution >= 4 is 12.4 Å². The molecule has 36 heavy (non-hydrogen) atoms. The first-order chi connectivity index (χ1) is 17.3. The van der Waals surface area contributed by atoms with Gasteiger partial charge in [0, 0.05) is 26.2 Å². The van der Waals surface area contributed by atoms with Gasteiger partial charge in [0.15, 0.2) is 0 Å². The minimum atomic E-state index is 0. The number of halogens is 1. The molecule has 0 N–H and O–H groups in total. The van der Waals surface area contributed by atoms with Crippen molar-refractivity contribution < 1.29 is 4.74 Å². The lowest BCUT2D eigenvalue weighted by Gasteiger charge is -2.32. The van der Waals surface area contributed by atoms with Crippen LogP contribution in [0.5, 0.6) is 0 Å². The summed E-state index contributed by atoms with van der Waals surface area (Å²) in [7, 11) is 1.83. The zero-order valence-corrected chi connectivity index (χ0v) is 22.5. The Morgan fingerprint density at radius 3 is 2.22 bits per heavy atom. The Labute approximate surface area is 223 Å². The first kappa shape index (κ1) is 26.9. The van der Waals surface area contributed by atoms with Gasteiger partial charge in [-0.05, 0) is 85.5 Å². The number of rotatable bonds is 9. The summed E-state index contributed by atoms with van der Waals surface area (Å²) in [5.74, 6) is 0.817. The van der Waals surface area contributed by atoms with Gasteiger partial charge in [-0.3, -0.25) is 9.80 Å². The fraction of sp³-hybridized carbons (Fsp3) is 0.438. The van der Waals surface area contributed by atoms with E-state index in [1.807, 2.05) is 7.11 Å². The molecule has 3 aromatic carbocycles. The third-order valence-electron chi connectivity index (χ3n) is 7.97. The molecule has 192 valence electrons. The number of nitrogens with zero attached hydrogens (tertiary/aromatic N) is 2. The van der Waals surface area contributed by atoms with Crippen molar-refractivity contribution in [1.82, 2.24) is 9.80 Å². The molecule has 4 heteroatoms. The second-order valence-corrected chi connectivity index (χ2v) is 10.5. The first-order valence-corrected chi connectivity index (χ1v) is 13.4. The molecule has 0 aliphatic carbocycles. The molecule has 5 rings (SSSR count). The van der Waals surface area contributed by atoms with Crippen molar-refractivity contribution in [3.8, 4) is 11.1 Å². The van der Waals surface area contributed by atoms with Crippen LogP contribution in [0.3, 0.4) is 0 Å². The number of hydrogen-bond acceptors (Lipinski definition) is 3. The first-order valence-electron chi connectivity index (χ1n) is 13.4. The van der Waals surface area contributed by atoms with Gasteiger partial charge in [-0.15, -0.1) is 12.4 Å². The van der Waals surface area contributed by atoms with Gasteiger partial charge in [0.2, 0.25) is 0 Å². The van der Waals surface area contributed by atoms with E-state index >= 15 is 0 Å². The maximum atomic E-state index is 5.53. The fourth-order valence-electron chi connectivity index (χ4n) is 6.03. The molecule has 2 aliphatic heterocycles. The van der Waals surface area contributed by atoms with Crippen molar-refractivity contribution in [3.63, 3.8) is 0 Å². The fourth-order valence-corrected chi connectivity index (χ4v) is 6.03. The predicted molar refractivity (Wildman–Crippen MR) is 153 cm³/mol. The Kier molecular flexibility index (Phi) is 10.0. The van der Waals surface area contributed by atoms with E-state index in [0.717, 1.165) is 25.6 Å². The maximum Gasteiger partial charge on any atom is 0.0618 e. The van der Waals surface area contributed by atoms with Crippen molar-refractivity contribution in [3.05, 3.63) is 95.6 Å². The quantitative estimate of drug-likeness (QED) is 0.317. The monoisotopic (exact) mass is 504 g/mol. The number of hydrogen-bond donors (Lipinski definition) is 0. The van der Waals surface area contributed by atoms with Gasteiger partial charge in [0.05, 0.1) is 6.61 Å². The molecule has 0 spiro atoms. The van der Waals surface area contributed by atoms with Crippen LogP contribution in [-0.4, -0.2) is 49.2 Å². The molecular formula is C32H41ClN2O. The van der Waals surface area contributed by atoms with Crippen molar-refractivity contribution in [2.24, 2.45) is 5.92 Å². The van der Waals surface area contributed by atoms with E-state index in [1.165, 1.54) is 79.6 Å². The van der Waals surface area contributed by atoms with Gasteiger partial charge >= 0.3 is 0 Å². The van der Waals surface area contributed by atoms with Crippen LogP contribution in [0.4, 0.5) is 0 Å². The van der Waals surface area contributed by atoms with Crippen LogP contribution in [0, 0.1) is 5.92 Å². The second kappa shape index (κ2) is 13.4. The molecule has 3 nitrogen and oxygen atoms in total. The molecule has 0 unspecified atom stereocenters. The van der Waals surface area contributed by atoms with Crippen LogP contribution in [-0.2, 0) is 24.2 Å². The van der Waals surface area contributed by atoms with Gasteiger partial charge < -0.3 is 4.74 Å². The molecule has 0 saturated carbocycles. The molecule has 2 aliphatic rings. The number of benzene rings is 3. The van der Waals surface area contributed by atoms with E-state index in [1.54, 1.807) is 0 Å². The summed E-state index contributed by atoms with van der Waals surface area (Å²) in [6, 6.07) is 29.6. The summed E-state index contributed by atoms with van der Waals surface area (Å²) in [6.07, 6.45) is 6.34. The molecule has 2 saturated heterocycles. The second-order valence-electron chi connectivity index (χ2n) is 10.5. The van der Waals surface area contributed by atoms with Gasteiger partial charge in [0.25, 0.3) is 0 Å². The average Bonchev–Trinajstić information content (AvgIpc) is 3.33. The lowest BCUT2D eigenvalue weighted by Crippen LogP contribution is -2.34. The van der Waals surface area contributed by atoms with Crippen LogP contribution >= 0.6 is 12.4 Å². The predicted octanol–water partition coefficient (Wildman–Crippen LogP) is 6.84. The van der Waals surface area contributed by atoms with Crippen LogP contribution < -0.4 is 0 Å². The highest BCUT2D eigenvalue weighted by molar-refractivity contribution is 5.85. The topological polar surface area (TPSA) is 15.7 Å². The Balaban J connectivity index is 0.00000304. The van der Waals surface area contributed by atoms with Gasteiger partial charge in [0.1, 0.15) is 0 Å². The van der Waals surface area contributed by atoms with Crippen LogP contribution in [0.15, 0.2) is 78.9 Å². The summed E-state index contributed by atoms with van der Waals surface area (Å²) in [6.45, 7) is 6.47. The molecule has 0 aromatic heterocycles. The number of piperidine rings is 1. The van der Waals surface area contributed by atoms with E-state index in [-0.39, 0.29) is 12.4 Å². The lowest BCUT2D eigenvalue weighted by molar-refractivity contribution is 0.112. The molecule has 1 atom stereocenters. The normalized spacial score (nSPS) is 19.3. The molecule has 0 bridgehead atoms. The minimum absolute atomic E-state index is 0. The van der Waals surface area contributed by atoms with Crippen LogP contribution in [0.1, 0.15) is 42.4 Å². The highest BCUT2D eigenvalue weighted by atomic mass is 35.5. The number of ether oxygens (including phenoxy) is 1. The van der Waals surface area contributed by atoms with Gasteiger partial charge in [-0.25, -0.2) is 0 Å². The van der Waals surface area contributed by atoms with Crippen molar-refractivity contribution in [2.45, 2.75) is 51.2 Å². The Bertz CT molecular complexity index is 1050. The van der Waals surface area contributed by atoms with Crippen molar-refractivity contribution in [1.29, 1.82) is 0 Å². The standard InChI is InChI=1S/C32H40N2O.ClH/c1-35-25-31-13-8-18-34(31)24-30-22-28(14-15-32(30)29-11-6-3-7-12-29)23-33-19-16-27(17-20-33)21-26-9-4-2-5-10-26;/h2-7,9-12,14-15,22,27,31H,8,13,16-21,23-25H2,1H3;1H/t31-;/m1./s1. The zero-order chi connectivity index (χ0) is 23.9. The van der Waals surface area contributed by atoms with Crippen molar-refractivity contribution in [2.75, 3.05) is 33.4 Å². The third kappa shape index (κ3) is 6.98. The zero-order valence-electron chi connectivity index (χ0n) is 21.6. The Morgan fingerprint density at radius 1 is 0.778 bits per heavy atom. The minimum Gasteiger partial charge on any atom is -0.383 e. The molecule has 0 radical (unpaired) electrons. The van der Waals surface area contributed by atoms with Crippen LogP contribution in [0.25, 0.3) is 11.1 Å². The Hall–Kier alpha value is -2.17. The van der Waals surface area contributed by atoms with E-state index in [0.29, 0.717) is 6.04 Å². The van der Waals surface area contributed by atoms with Gasteiger partial charge in [-0.1, -0.05) is 78.9 Å². The van der Waals surface area contributed by atoms with Crippen LogP contribution in [0.2, 0.25) is 0 Å². The smallest absolute Gasteiger partial charge is 0.0618 e. The summed E-state index contributed by atoms with van der Waals surface area (Å²) < 4.78 is 5.53. The number of methoxy groups -OCH3 is 1. The summed E-state index contributed by atoms with van der Waals surface area (Å²) in [5.41, 5.74) is 7.08. The van der Waals surface area contributed by atoms with Gasteiger partial charge in [-0.2, -0.15) is 0 Å². The summed E-state index contributed by atoms with van der Waals surface area (Å²) >= 11 is 0.